The molecule has 1 unspecified atom stereocenters. The van der Waals surface area contributed by atoms with Crippen LogP contribution in [0.25, 0.3) is 0 Å². The summed E-state index contributed by atoms with van der Waals surface area (Å²) in [5, 5.41) is 16.1. The maximum Gasteiger partial charge on any atom is 0.139 e. The first-order valence-corrected chi connectivity index (χ1v) is 10.6. The summed E-state index contributed by atoms with van der Waals surface area (Å²) in [5.74, 6) is 1.82. The number of ketones is 1. The topological polar surface area (TPSA) is 84.9 Å². The molecule has 4 fully saturated rings. The third kappa shape index (κ3) is 2.57. The van der Waals surface area contributed by atoms with Gasteiger partial charge in [-0.1, -0.05) is 25.6 Å². The van der Waals surface area contributed by atoms with Crippen LogP contribution in [0.5, 0.6) is 0 Å². The third-order valence-electron chi connectivity index (χ3n) is 8.77. The summed E-state index contributed by atoms with van der Waals surface area (Å²) in [6.45, 7) is 9.63. The lowest BCUT2D eigenvalue weighted by Crippen LogP contribution is -2.63. The molecule has 0 amide bonds. The smallest absolute Gasteiger partial charge is 0.139 e. The Hall–Kier alpha value is -1.20. The molecule has 0 saturated heterocycles. The van der Waals surface area contributed by atoms with E-state index < -0.39 is 5.60 Å². The molecule has 0 aromatic heterocycles. The van der Waals surface area contributed by atoms with E-state index in [1.807, 2.05) is 0 Å². The van der Waals surface area contributed by atoms with Gasteiger partial charge in [0.15, 0.2) is 0 Å². The van der Waals surface area contributed by atoms with Gasteiger partial charge >= 0.3 is 0 Å². The Kier molecular flexibility index (Phi) is 4.54. The molecule has 4 rings (SSSR count). The lowest BCUT2D eigenvalue weighted by Gasteiger charge is -2.63. The van der Waals surface area contributed by atoms with E-state index in [-0.39, 0.29) is 10.8 Å². The highest BCUT2D eigenvalue weighted by molar-refractivity contribution is 5.88. The maximum absolute atomic E-state index is 12.6. The number of nitrogens with two attached hydrogens (primary N) is 1. The van der Waals surface area contributed by atoms with Gasteiger partial charge in [0.25, 0.3) is 0 Å². The zero-order valence-corrected chi connectivity index (χ0v) is 16.8. The molecule has 0 spiro atoms. The van der Waals surface area contributed by atoms with E-state index >= 15 is 0 Å². The highest BCUT2D eigenvalue weighted by Gasteiger charge is 2.65. The van der Waals surface area contributed by atoms with Crippen LogP contribution in [0.2, 0.25) is 0 Å². The zero-order valence-electron chi connectivity index (χ0n) is 16.8. The first-order chi connectivity index (χ1) is 12.8. The lowest BCUT2D eigenvalue weighted by molar-refractivity contribution is -0.161. The molecule has 0 aromatic carbocycles. The minimum absolute atomic E-state index is 0.148. The fraction of sp³-hybridized carbons (Fsp3) is 0.818. The van der Waals surface area contributed by atoms with Crippen molar-refractivity contribution in [3.63, 3.8) is 0 Å². The Balaban J connectivity index is 1.63. The van der Waals surface area contributed by atoms with Crippen LogP contribution in [0.1, 0.15) is 65.2 Å². The van der Waals surface area contributed by atoms with Crippen LogP contribution in [-0.4, -0.2) is 35.4 Å². The minimum Gasteiger partial charge on any atom is -0.395 e. The van der Waals surface area contributed by atoms with Crippen molar-refractivity contribution in [2.75, 3.05) is 13.2 Å². The fourth-order valence-electron chi connectivity index (χ4n) is 7.07. The monoisotopic (exact) mass is 374 g/mol. The molecule has 0 heterocycles. The molecular formula is C22H34N2O3. The Morgan fingerprint density at radius 2 is 2.04 bits per heavy atom. The molecule has 27 heavy (non-hydrogen) atoms. The zero-order chi connectivity index (χ0) is 19.4. The fourth-order valence-corrected chi connectivity index (χ4v) is 7.07. The number of fused-ring (bicyclic) bond motifs is 5. The average Bonchev–Trinajstić information content (AvgIpc) is 2.93. The first-order valence-electron chi connectivity index (χ1n) is 10.6. The van der Waals surface area contributed by atoms with Crippen LogP contribution in [0, 0.1) is 28.6 Å². The predicted octanol–water partition coefficient (Wildman–Crippen LogP) is 3.21. The summed E-state index contributed by atoms with van der Waals surface area (Å²) in [4.78, 5) is 17.9. The molecule has 4 aliphatic rings. The standard InChI is InChI=1S/C22H34N2O3/c1-14-12-16-17-4-5-19(25)20(17,2)8-7-18(16)21(3)9-6-15(13-22(14,21)26)24-27-11-10-23/h16-18,26H,1,4-13,23H2,2-3H3/t16-,17-,18+,20-,21+,22?/m0/s1. The predicted molar refractivity (Wildman–Crippen MR) is 105 cm³/mol. The number of oxime groups is 1. The van der Waals surface area contributed by atoms with E-state index in [2.05, 4.69) is 25.6 Å². The number of carbonyl (C=O) groups is 1. The molecule has 0 radical (unpaired) electrons. The van der Waals surface area contributed by atoms with Crippen molar-refractivity contribution in [3.8, 4) is 0 Å². The Morgan fingerprint density at radius 1 is 1.26 bits per heavy atom. The van der Waals surface area contributed by atoms with Crippen molar-refractivity contribution >= 4 is 11.5 Å². The van der Waals surface area contributed by atoms with Gasteiger partial charge in [0, 0.05) is 30.2 Å². The van der Waals surface area contributed by atoms with Gasteiger partial charge in [-0.3, -0.25) is 4.79 Å². The Labute approximate surface area is 162 Å². The number of carbonyl (C=O) groups excluding carboxylic acids is 1. The van der Waals surface area contributed by atoms with Crippen LogP contribution in [0.15, 0.2) is 17.3 Å². The van der Waals surface area contributed by atoms with Gasteiger partial charge in [-0.05, 0) is 61.9 Å². The summed E-state index contributed by atoms with van der Waals surface area (Å²) in [6, 6.07) is 0. The number of nitrogens with zero attached hydrogens (tertiary/aromatic N) is 1. The summed E-state index contributed by atoms with van der Waals surface area (Å²) < 4.78 is 0. The summed E-state index contributed by atoms with van der Waals surface area (Å²) >= 11 is 0. The Bertz CT molecular complexity index is 689. The molecule has 150 valence electrons. The number of hydrogen-bond donors (Lipinski definition) is 2. The molecule has 3 N–H and O–H groups in total. The number of Topliss-reactive ketones (excluding diaryl/α,β-unsaturated/α-hetero) is 1. The number of aliphatic hydroxyl groups is 1. The van der Waals surface area contributed by atoms with Gasteiger partial charge in [-0.15, -0.1) is 0 Å². The second-order valence-electron chi connectivity index (χ2n) is 9.84. The SMILES string of the molecule is C=C1C[C@@H]2[C@@H](CC[C@]3(C)C(=O)CC[C@@H]23)[C@@]2(C)CCC(=NOCCN)CC12O. The van der Waals surface area contributed by atoms with Gasteiger partial charge in [-0.2, -0.15) is 0 Å². The van der Waals surface area contributed by atoms with Crippen molar-refractivity contribution < 1.29 is 14.7 Å². The van der Waals surface area contributed by atoms with Gasteiger partial charge in [0.05, 0.1) is 11.3 Å². The molecule has 6 atom stereocenters. The third-order valence-corrected chi connectivity index (χ3v) is 8.77. The van der Waals surface area contributed by atoms with E-state index in [1.165, 1.54) is 0 Å². The van der Waals surface area contributed by atoms with E-state index in [1.54, 1.807) is 0 Å². The number of hydrogen-bond acceptors (Lipinski definition) is 5. The second-order valence-corrected chi connectivity index (χ2v) is 9.84. The minimum atomic E-state index is -0.923. The van der Waals surface area contributed by atoms with E-state index in [0.717, 1.165) is 56.2 Å². The van der Waals surface area contributed by atoms with Crippen molar-refractivity contribution in [1.29, 1.82) is 0 Å². The number of rotatable bonds is 3. The van der Waals surface area contributed by atoms with Gasteiger partial charge in [-0.25, -0.2) is 0 Å². The lowest BCUT2D eigenvalue weighted by atomic mass is 9.43. The largest absolute Gasteiger partial charge is 0.395 e. The van der Waals surface area contributed by atoms with Crippen LogP contribution in [0.3, 0.4) is 0 Å². The average molecular weight is 375 g/mol. The normalized spacial score (nSPS) is 48.1. The van der Waals surface area contributed by atoms with Gasteiger partial charge in [0.2, 0.25) is 0 Å². The van der Waals surface area contributed by atoms with Crippen LogP contribution >= 0.6 is 0 Å². The molecule has 5 heteroatoms. The summed E-state index contributed by atoms with van der Waals surface area (Å²) in [7, 11) is 0. The van der Waals surface area contributed by atoms with Crippen LogP contribution in [-0.2, 0) is 9.63 Å². The second kappa shape index (κ2) is 6.41. The molecule has 0 bridgehead atoms. The molecule has 4 saturated carbocycles. The molecule has 4 aliphatic carbocycles. The van der Waals surface area contributed by atoms with Gasteiger partial charge < -0.3 is 15.7 Å². The molecular weight excluding hydrogens is 340 g/mol. The van der Waals surface area contributed by atoms with Crippen LogP contribution < -0.4 is 5.73 Å². The molecule has 0 aromatic rings. The van der Waals surface area contributed by atoms with Crippen molar-refractivity contribution in [2.24, 2.45) is 39.5 Å². The highest BCUT2D eigenvalue weighted by Crippen LogP contribution is 2.67. The highest BCUT2D eigenvalue weighted by atomic mass is 16.6. The molecule has 5 nitrogen and oxygen atoms in total. The Morgan fingerprint density at radius 3 is 2.78 bits per heavy atom. The molecule has 0 aliphatic heterocycles. The first kappa shape index (κ1) is 19.1. The summed E-state index contributed by atoms with van der Waals surface area (Å²) in [6.07, 6.45) is 6.83. The maximum atomic E-state index is 12.6. The van der Waals surface area contributed by atoms with E-state index in [4.69, 9.17) is 10.6 Å². The van der Waals surface area contributed by atoms with E-state index in [0.29, 0.717) is 43.1 Å². The van der Waals surface area contributed by atoms with Gasteiger partial charge in [0.1, 0.15) is 12.4 Å². The van der Waals surface area contributed by atoms with Crippen molar-refractivity contribution in [1.82, 2.24) is 0 Å². The van der Waals surface area contributed by atoms with Crippen molar-refractivity contribution in [3.05, 3.63) is 12.2 Å². The summed E-state index contributed by atoms with van der Waals surface area (Å²) in [5.41, 5.74) is 6.05. The quantitative estimate of drug-likeness (QED) is 0.451. The van der Waals surface area contributed by atoms with Crippen molar-refractivity contribution in [2.45, 2.75) is 70.8 Å². The van der Waals surface area contributed by atoms with E-state index in [9.17, 15) is 9.90 Å². The van der Waals surface area contributed by atoms with Crippen LogP contribution in [0.4, 0.5) is 0 Å².